The van der Waals surface area contributed by atoms with Gasteiger partial charge in [-0.25, -0.2) is 4.39 Å². The normalized spacial score (nSPS) is 15.0. The van der Waals surface area contributed by atoms with E-state index in [1.54, 1.807) is 48.5 Å². The van der Waals surface area contributed by atoms with E-state index < -0.39 is 19.0 Å². The number of rotatable bonds is 3. The molecule has 0 aliphatic heterocycles. The molecule has 2 aromatic heterocycles. The number of hydrogen-bond acceptors (Lipinski definition) is 2. The zero-order chi connectivity index (χ0) is 23.4. The summed E-state index contributed by atoms with van der Waals surface area (Å²) in [5.74, 6) is -0.470. The Morgan fingerprint density at radius 1 is 1.00 bits per heavy atom. The molecule has 5 rings (SSSR count). The van der Waals surface area contributed by atoms with Gasteiger partial charge in [-0.3, -0.25) is 4.98 Å². The van der Waals surface area contributed by atoms with Gasteiger partial charge in [-0.1, -0.05) is 42.5 Å². The van der Waals surface area contributed by atoms with Gasteiger partial charge in [-0.15, -0.1) is 0 Å². The van der Waals surface area contributed by atoms with Crippen LogP contribution in [0.5, 0.6) is 0 Å². The third kappa shape index (κ3) is 2.85. The average molecular weight is 372 g/mol. The predicted octanol–water partition coefficient (Wildman–Crippen LogP) is 6.69. The third-order valence-electron chi connectivity index (χ3n) is 4.68. The Morgan fingerprint density at radius 3 is 2.71 bits per heavy atom. The first-order valence-electron chi connectivity index (χ1n) is 11.3. The van der Waals surface area contributed by atoms with Crippen LogP contribution in [-0.4, -0.2) is 4.98 Å². The molecule has 0 amide bonds. The number of aryl methyl sites for hydroxylation is 1. The predicted molar refractivity (Wildman–Crippen MR) is 111 cm³/mol. The molecule has 5 aromatic rings. The summed E-state index contributed by atoms with van der Waals surface area (Å²) in [6.07, 6.45) is -0.468. The molecule has 2 nitrogen and oxygen atoms in total. The summed E-state index contributed by atoms with van der Waals surface area (Å²) in [5.41, 5.74) is 2.39. The molecule has 3 aromatic carbocycles. The summed E-state index contributed by atoms with van der Waals surface area (Å²) in [5, 5.41) is 0.825. The minimum absolute atomic E-state index is 0.0776. The molecule has 136 valence electrons. The van der Waals surface area contributed by atoms with E-state index in [2.05, 4.69) is 4.98 Å². The molecular formula is C25H18FNO. The van der Waals surface area contributed by atoms with E-state index in [1.807, 2.05) is 6.07 Å². The summed E-state index contributed by atoms with van der Waals surface area (Å²) in [6.45, 7) is -2.43. The fourth-order valence-electron chi connectivity index (χ4n) is 3.40. The van der Waals surface area contributed by atoms with Gasteiger partial charge in [-0.2, -0.15) is 0 Å². The fourth-order valence-corrected chi connectivity index (χ4v) is 3.40. The Labute approximate surface area is 169 Å². The zero-order valence-electron chi connectivity index (χ0n) is 19.7. The highest BCUT2D eigenvalue weighted by atomic mass is 19.1. The number of halogens is 1. The lowest BCUT2D eigenvalue weighted by Gasteiger charge is -2.04. The van der Waals surface area contributed by atoms with Crippen LogP contribution in [0.15, 0.2) is 83.4 Å². The molecule has 0 N–H and O–H groups in total. The van der Waals surface area contributed by atoms with Crippen LogP contribution in [0, 0.1) is 12.7 Å². The molecule has 3 heteroatoms. The SMILES string of the molecule is [2H]C([2H])([2H])c1ccc(-c2cc(F)ccn2)c2oc3ccc(C([2H])([2H])c4ccccc4)cc3c12. The number of pyridine rings is 1. The van der Waals surface area contributed by atoms with Gasteiger partial charge in [0.1, 0.15) is 17.0 Å². The highest BCUT2D eigenvalue weighted by Gasteiger charge is 2.16. The van der Waals surface area contributed by atoms with Crippen molar-refractivity contribution in [2.45, 2.75) is 13.2 Å². The van der Waals surface area contributed by atoms with Crippen molar-refractivity contribution in [1.82, 2.24) is 4.98 Å². The van der Waals surface area contributed by atoms with Crippen LogP contribution in [0.25, 0.3) is 33.2 Å². The number of furan rings is 1. The summed E-state index contributed by atoms with van der Waals surface area (Å²) in [7, 11) is 0. The molecule has 0 aliphatic carbocycles. The maximum atomic E-state index is 13.9. The molecule has 0 unspecified atom stereocenters. The third-order valence-corrected chi connectivity index (χ3v) is 4.68. The molecule has 0 aliphatic rings. The van der Waals surface area contributed by atoms with E-state index in [-0.39, 0.29) is 11.1 Å². The number of aromatic nitrogens is 1. The zero-order valence-corrected chi connectivity index (χ0v) is 14.7. The molecule has 0 radical (unpaired) electrons. The first-order valence-corrected chi connectivity index (χ1v) is 8.84. The molecule has 0 atom stereocenters. The number of fused-ring (bicyclic) bond motifs is 3. The summed E-state index contributed by atoms with van der Waals surface area (Å²) in [4.78, 5) is 4.22. The smallest absolute Gasteiger partial charge is 0.145 e. The summed E-state index contributed by atoms with van der Waals surface area (Å²) in [6, 6.07) is 19.2. The molecule has 28 heavy (non-hydrogen) atoms. The van der Waals surface area contributed by atoms with Crippen molar-refractivity contribution in [3.8, 4) is 11.3 Å². The molecule has 0 saturated carbocycles. The molecule has 0 saturated heterocycles. The van der Waals surface area contributed by atoms with Crippen molar-refractivity contribution >= 4 is 21.9 Å². The van der Waals surface area contributed by atoms with E-state index >= 15 is 0 Å². The fraction of sp³-hybridized carbons (Fsp3) is 0.0800. The van der Waals surface area contributed by atoms with Gasteiger partial charge in [0.15, 0.2) is 0 Å². The molecule has 0 fully saturated rings. The van der Waals surface area contributed by atoms with Crippen LogP contribution in [0.3, 0.4) is 0 Å². The van der Waals surface area contributed by atoms with E-state index in [4.69, 9.17) is 11.3 Å². The van der Waals surface area contributed by atoms with Gasteiger partial charge in [-0.05, 0) is 54.2 Å². The average Bonchev–Trinajstić information content (AvgIpc) is 3.17. The monoisotopic (exact) mass is 372 g/mol. The lowest BCUT2D eigenvalue weighted by molar-refractivity contribution is 0.626. The van der Waals surface area contributed by atoms with Crippen molar-refractivity contribution in [2.24, 2.45) is 0 Å². The Morgan fingerprint density at radius 2 is 1.89 bits per heavy atom. The highest BCUT2D eigenvalue weighted by molar-refractivity contribution is 6.11. The largest absolute Gasteiger partial charge is 0.455 e. The second kappa shape index (κ2) is 6.61. The second-order valence-electron chi connectivity index (χ2n) is 6.53. The van der Waals surface area contributed by atoms with Crippen LogP contribution < -0.4 is 0 Å². The van der Waals surface area contributed by atoms with Crippen LogP contribution >= 0.6 is 0 Å². The van der Waals surface area contributed by atoms with Crippen molar-refractivity contribution in [2.75, 3.05) is 0 Å². The molecule has 0 bridgehead atoms. The maximum Gasteiger partial charge on any atom is 0.145 e. The van der Waals surface area contributed by atoms with Gasteiger partial charge >= 0.3 is 0 Å². The minimum atomic E-state index is -2.43. The Kier molecular flexibility index (Phi) is 2.85. The standard InChI is InChI=1S/C25H18FNO/c1-16-7-9-20(22-15-19(26)11-12-27-22)25-24(16)21-14-18(8-10-23(21)28-25)13-17-5-3-2-4-6-17/h2-12,14-15H,13H2,1H3/i1D3,13D2. The van der Waals surface area contributed by atoms with Crippen molar-refractivity contribution in [3.63, 3.8) is 0 Å². The number of hydrogen-bond donors (Lipinski definition) is 0. The van der Waals surface area contributed by atoms with Crippen LogP contribution in [-0.2, 0) is 6.37 Å². The highest BCUT2D eigenvalue weighted by Crippen LogP contribution is 2.37. The quantitative estimate of drug-likeness (QED) is 0.353. The van der Waals surface area contributed by atoms with E-state index in [0.717, 1.165) is 0 Å². The van der Waals surface area contributed by atoms with E-state index in [0.29, 0.717) is 38.7 Å². The topological polar surface area (TPSA) is 26.0 Å². The van der Waals surface area contributed by atoms with Gasteiger partial charge in [0.25, 0.3) is 0 Å². The van der Waals surface area contributed by atoms with Crippen LogP contribution in [0.4, 0.5) is 4.39 Å². The van der Waals surface area contributed by atoms with Crippen LogP contribution in [0.2, 0.25) is 0 Å². The maximum absolute atomic E-state index is 13.9. The Bertz CT molecular complexity index is 1490. The van der Waals surface area contributed by atoms with Gasteiger partial charge < -0.3 is 4.42 Å². The van der Waals surface area contributed by atoms with Crippen molar-refractivity contribution in [3.05, 3.63) is 102 Å². The minimum Gasteiger partial charge on any atom is -0.455 e. The van der Waals surface area contributed by atoms with Crippen LogP contribution in [0.1, 0.15) is 23.5 Å². The molecule has 2 heterocycles. The Hall–Kier alpha value is -3.46. The lowest BCUT2D eigenvalue weighted by Crippen LogP contribution is -1.88. The van der Waals surface area contributed by atoms with Gasteiger partial charge in [0.05, 0.1) is 5.69 Å². The van der Waals surface area contributed by atoms with Crippen molar-refractivity contribution < 1.29 is 15.7 Å². The van der Waals surface area contributed by atoms with E-state index in [9.17, 15) is 4.39 Å². The second-order valence-corrected chi connectivity index (χ2v) is 6.53. The van der Waals surface area contributed by atoms with Gasteiger partial charge in [0, 0.05) is 35.5 Å². The van der Waals surface area contributed by atoms with Gasteiger partial charge in [0.2, 0.25) is 0 Å². The molecule has 0 spiro atoms. The molecular weight excluding hydrogens is 349 g/mol. The first kappa shape index (κ1) is 12.1. The first-order chi connectivity index (χ1) is 15.7. The van der Waals surface area contributed by atoms with E-state index in [1.165, 1.54) is 24.4 Å². The lowest BCUT2D eigenvalue weighted by atomic mass is 9.99. The van der Waals surface area contributed by atoms with Crippen molar-refractivity contribution in [1.29, 1.82) is 0 Å². The summed E-state index contributed by atoms with van der Waals surface area (Å²) >= 11 is 0. The number of benzene rings is 3. The number of nitrogens with zero attached hydrogens (tertiary/aromatic N) is 1. The summed E-state index contributed by atoms with van der Waals surface area (Å²) < 4.78 is 61.4. The Balaban J connectivity index is 1.82.